The summed E-state index contributed by atoms with van der Waals surface area (Å²) in [6.45, 7) is 8.22. The predicted octanol–water partition coefficient (Wildman–Crippen LogP) is 6.72. The molecule has 5 heteroatoms. The molecule has 0 radical (unpaired) electrons. The van der Waals surface area contributed by atoms with E-state index < -0.39 is 0 Å². The lowest BCUT2D eigenvalue weighted by Crippen LogP contribution is -2.21. The number of rotatable bonds is 6. The summed E-state index contributed by atoms with van der Waals surface area (Å²) in [5.74, 6) is 0.927. The summed E-state index contributed by atoms with van der Waals surface area (Å²) in [7, 11) is 0. The van der Waals surface area contributed by atoms with Gasteiger partial charge in [-0.1, -0.05) is 38.1 Å². The van der Waals surface area contributed by atoms with Gasteiger partial charge in [0, 0.05) is 11.3 Å². The second kappa shape index (κ2) is 8.90. The fraction of sp³-hybridized carbons (Fsp3) is 0.231. The first-order chi connectivity index (χ1) is 14.9. The molecule has 4 aromatic rings. The Morgan fingerprint density at radius 1 is 1.06 bits per heavy atom. The van der Waals surface area contributed by atoms with Gasteiger partial charge in [-0.15, -0.1) is 11.3 Å². The zero-order valence-corrected chi connectivity index (χ0v) is 19.0. The number of thiazole rings is 1. The molecular formula is C26H26N2O2S. The molecule has 1 N–H and O–H groups in total. The zero-order valence-electron chi connectivity index (χ0n) is 18.2. The first-order valence-electron chi connectivity index (χ1n) is 10.4. The normalized spacial score (nSPS) is 11.1. The van der Waals surface area contributed by atoms with Crippen LogP contribution in [0, 0.1) is 13.8 Å². The quantitative estimate of drug-likeness (QED) is 0.369. The highest BCUT2D eigenvalue weighted by Crippen LogP contribution is 2.32. The SMILES string of the molecule is Cc1ccc(C(C)C)c(OCC(=O)Nc2ccc(-c3nc4ccccc4s3)cc2C)c1. The second-order valence-electron chi connectivity index (χ2n) is 8.05. The molecule has 0 bridgehead atoms. The van der Waals surface area contributed by atoms with Crippen LogP contribution in [0.2, 0.25) is 0 Å². The lowest BCUT2D eigenvalue weighted by Gasteiger charge is -2.15. The molecule has 31 heavy (non-hydrogen) atoms. The van der Waals surface area contributed by atoms with Crippen molar-refractivity contribution in [2.45, 2.75) is 33.6 Å². The summed E-state index contributed by atoms with van der Waals surface area (Å²) in [6.07, 6.45) is 0. The number of anilines is 1. The molecule has 4 nitrogen and oxygen atoms in total. The highest BCUT2D eigenvalue weighted by Gasteiger charge is 2.12. The molecule has 0 spiro atoms. The Morgan fingerprint density at radius 3 is 2.61 bits per heavy atom. The number of ether oxygens (including phenoxy) is 1. The van der Waals surface area contributed by atoms with Crippen LogP contribution in [0.5, 0.6) is 5.75 Å². The van der Waals surface area contributed by atoms with E-state index in [-0.39, 0.29) is 12.5 Å². The van der Waals surface area contributed by atoms with Gasteiger partial charge in [0.25, 0.3) is 5.91 Å². The summed E-state index contributed by atoms with van der Waals surface area (Å²) in [5, 5.41) is 3.95. The van der Waals surface area contributed by atoms with E-state index in [1.54, 1.807) is 11.3 Å². The first-order valence-corrected chi connectivity index (χ1v) is 11.2. The molecule has 3 aromatic carbocycles. The van der Waals surface area contributed by atoms with Crippen molar-refractivity contribution in [1.82, 2.24) is 4.98 Å². The Kier molecular flexibility index (Phi) is 6.05. The van der Waals surface area contributed by atoms with Crippen molar-refractivity contribution in [3.8, 4) is 16.3 Å². The Labute approximate surface area is 186 Å². The third-order valence-corrected chi connectivity index (χ3v) is 6.28. The smallest absolute Gasteiger partial charge is 0.262 e. The number of aryl methyl sites for hydroxylation is 2. The maximum Gasteiger partial charge on any atom is 0.262 e. The molecule has 0 saturated carbocycles. The highest BCUT2D eigenvalue weighted by atomic mass is 32.1. The number of nitrogens with zero attached hydrogens (tertiary/aromatic N) is 1. The highest BCUT2D eigenvalue weighted by molar-refractivity contribution is 7.21. The summed E-state index contributed by atoms with van der Waals surface area (Å²) in [4.78, 5) is 17.2. The van der Waals surface area contributed by atoms with Crippen LogP contribution in [0.1, 0.15) is 36.5 Å². The summed E-state index contributed by atoms with van der Waals surface area (Å²) in [6, 6.07) is 20.2. The van der Waals surface area contributed by atoms with E-state index in [9.17, 15) is 4.79 Å². The van der Waals surface area contributed by atoms with E-state index in [1.165, 1.54) is 4.70 Å². The average molecular weight is 431 g/mol. The number of fused-ring (bicyclic) bond motifs is 1. The summed E-state index contributed by atoms with van der Waals surface area (Å²) < 4.78 is 7.03. The van der Waals surface area contributed by atoms with Crippen LogP contribution in [0.25, 0.3) is 20.8 Å². The second-order valence-corrected chi connectivity index (χ2v) is 9.08. The van der Waals surface area contributed by atoms with Gasteiger partial charge in [0.1, 0.15) is 10.8 Å². The van der Waals surface area contributed by atoms with Gasteiger partial charge in [0.2, 0.25) is 0 Å². The number of carbonyl (C=O) groups excluding carboxylic acids is 1. The molecule has 0 aliphatic carbocycles. The summed E-state index contributed by atoms with van der Waals surface area (Å²) >= 11 is 1.67. The Balaban J connectivity index is 1.45. The van der Waals surface area contributed by atoms with Crippen LogP contribution in [0.4, 0.5) is 5.69 Å². The van der Waals surface area contributed by atoms with Crippen LogP contribution in [0.3, 0.4) is 0 Å². The number of hydrogen-bond donors (Lipinski definition) is 1. The topological polar surface area (TPSA) is 51.2 Å². The van der Waals surface area contributed by atoms with Crippen molar-refractivity contribution < 1.29 is 9.53 Å². The van der Waals surface area contributed by atoms with Crippen molar-refractivity contribution in [3.63, 3.8) is 0 Å². The van der Waals surface area contributed by atoms with E-state index in [0.717, 1.165) is 44.2 Å². The lowest BCUT2D eigenvalue weighted by atomic mass is 10.0. The number of nitrogens with one attached hydrogen (secondary N) is 1. The molecule has 0 atom stereocenters. The molecular weight excluding hydrogens is 404 g/mol. The van der Waals surface area contributed by atoms with Gasteiger partial charge in [-0.05, 0) is 72.9 Å². The van der Waals surface area contributed by atoms with Crippen molar-refractivity contribution >= 4 is 33.1 Å². The predicted molar refractivity (Wildman–Crippen MR) is 129 cm³/mol. The van der Waals surface area contributed by atoms with E-state index in [1.807, 2.05) is 50.2 Å². The third-order valence-electron chi connectivity index (χ3n) is 5.19. The largest absolute Gasteiger partial charge is 0.483 e. The Hall–Kier alpha value is -3.18. The van der Waals surface area contributed by atoms with Crippen molar-refractivity contribution in [1.29, 1.82) is 0 Å². The Morgan fingerprint density at radius 2 is 1.87 bits per heavy atom. The van der Waals surface area contributed by atoms with Gasteiger partial charge in [0.15, 0.2) is 6.61 Å². The van der Waals surface area contributed by atoms with Gasteiger partial charge in [0.05, 0.1) is 10.2 Å². The molecule has 0 aliphatic heterocycles. The van der Waals surface area contributed by atoms with E-state index in [0.29, 0.717) is 5.92 Å². The maximum atomic E-state index is 12.5. The van der Waals surface area contributed by atoms with Crippen LogP contribution >= 0.6 is 11.3 Å². The number of hydrogen-bond acceptors (Lipinski definition) is 4. The average Bonchev–Trinajstić information content (AvgIpc) is 3.18. The molecule has 1 amide bonds. The first kappa shape index (κ1) is 21.1. The van der Waals surface area contributed by atoms with Crippen LogP contribution in [-0.4, -0.2) is 17.5 Å². The van der Waals surface area contributed by atoms with Crippen LogP contribution in [-0.2, 0) is 4.79 Å². The molecule has 0 unspecified atom stereocenters. The standard InChI is InChI=1S/C26H26N2O2S/c1-16(2)20-11-9-17(3)13-23(20)30-15-25(29)27-21-12-10-19(14-18(21)4)26-28-22-7-5-6-8-24(22)31-26/h5-14,16H,15H2,1-4H3,(H,27,29). The number of benzene rings is 3. The van der Waals surface area contributed by atoms with E-state index in [2.05, 4.69) is 43.4 Å². The van der Waals surface area contributed by atoms with Crippen molar-refractivity contribution in [2.75, 3.05) is 11.9 Å². The van der Waals surface area contributed by atoms with Crippen molar-refractivity contribution in [2.24, 2.45) is 0 Å². The minimum absolute atomic E-state index is 0.0256. The summed E-state index contributed by atoms with van der Waals surface area (Å²) in [5.41, 5.74) is 6.05. The molecule has 158 valence electrons. The lowest BCUT2D eigenvalue weighted by molar-refractivity contribution is -0.118. The Bertz CT molecular complexity index is 1210. The van der Waals surface area contributed by atoms with Crippen molar-refractivity contribution in [3.05, 3.63) is 77.4 Å². The minimum atomic E-state index is -0.174. The number of amides is 1. The molecule has 4 rings (SSSR count). The number of aromatic nitrogens is 1. The van der Waals surface area contributed by atoms with E-state index >= 15 is 0 Å². The number of para-hydroxylation sites is 1. The monoisotopic (exact) mass is 430 g/mol. The van der Waals surface area contributed by atoms with Gasteiger partial charge in [-0.2, -0.15) is 0 Å². The van der Waals surface area contributed by atoms with Gasteiger partial charge in [-0.25, -0.2) is 4.98 Å². The third kappa shape index (κ3) is 4.78. The molecule has 1 aromatic heterocycles. The van der Waals surface area contributed by atoms with Gasteiger partial charge < -0.3 is 10.1 Å². The maximum absolute atomic E-state index is 12.5. The zero-order chi connectivity index (χ0) is 22.0. The number of carbonyl (C=O) groups is 1. The fourth-order valence-corrected chi connectivity index (χ4v) is 4.47. The molecule has 1 heterocycles. The molecule has 0 saturated heterocycles. The fourth-order valence-electron chi connectivity index (χ4n) is 3.51. The van der Waals surface area contributed by atoms with Crippen LogP contribution < -0.4 is 10.1 Å². The van der Waals surface area contributed by atoms with Crippen LogP contribution in [0.15, 0.2) is 60.7 Å². The van der Waals surface area contributed by atoms with Gasteiger partial charge >= 0.3 is 0 Å². The van der Waals surface area contributed by atoms with E-state index in [4.69, 9.17) is 9.72 Å². The molecule has 0 fully saturated rings. The van der Waals surface area contributed by atoms with Gasteiger partial charge in [-0.3, -0.25) is 4.79 Å². The minimum Gasteiger partial charge on any atom is -0.483 e. The molecule has 0 aliphatic rings.